The third-order valence-corrected chi connectivity index (χ3v) is 3.13. The zero-order valence-electron chi connectivity index (χ0n) is 10.1. The van der Waals surface area contributed by atoms with Crippen LogP contribution in [0.15, 0.2) is 0 Å². The molecule has 1 aliphatic heterocycles. The number of rotatable bonds is 0. The molecule has 0 aliphatic carbocycles. The molecule has 0 aromatic heterocycles. The van der Waals surface area contributed by atoms with E-state index < -0.39 is 27.2 Å². The number of hydrogen-bond acceptors (Lipinski definition) is 1. The minimum atomic E-state index is -1.59. The van der Waals surface area contributed by atoms with Gasteiger partial charge in [-0.1, -0.05) is 16.5 Å². The second-order valence-corrected chi connectivity index (χ2v) is 5.63. The van der Waals surface area contributed by atoms with Crippen LogP contribution in [0.1, 0.15) is 20.8 Å². The van der Waals surface area contributed by atoms with Gasteiger partial charge in [0.05, 0.1) is 54.9 Å². The molecule has 8 heteroatoms. The summed E-state index contributed by atoms with van der Waals surface area (Å²) in [6, 6.07) is 0. The minimum Gasteiger partial charge on any atom is -0.322 e. The Morgan fingerprint density at radius 3 is 1.44 bits per heavy atom. The van der Waals surface area contributed by atoms with Crippen LogP contribution >= 0.6 is 0 Å². The lowest BCUT2D eigenvalue weighted by molar-refractivity contribution is 0.103. The van der Waals surface area contributed by atoms with Crippen molar-refractivity contribution in [2.24, 2.45) is 0 Å². The highest BCUT2D eigenvalue weighted by Crippen LogP contribution is 2.58. The van der Waals surface area contributed by atoms with Gasteiger partial charge < -0.3 is 4.90 Å². The summed E-state index contributed by atoms with van der Waals surface area (Å²) in [5, 5.41) is -4.64. The lowest BCUT2D eigenvalue weighted by Gasteiger charge is -2.54. The molecule has 0 N–H and O–H groups in total. The molecule has 1 atom stereocenters. The molecule has 1 saturated heterocycles. The molecule has 0 amide bonds. The zero-order valence-corrected chi connectivity index (χ0v) is 10.1. The van der Waals surface area contributed by atoms with Gasteiger partial charge in [0.15, 0.2) is 0 Å². The summed E-state index contributed by atoms with van der Waals surface area (Å²) in [7, 11) is 41.4. The summed E-state index contributed by atoms with van der Waals surface area (Å²) in [5.74, 6) is -0.950. The van der Waals surface area contributed by atoms with E-state index in [1.54, 1.807) is 0 Å². The summed E-state index contributed by atoms with van der Waals surface area (Å²) < 4.78 is 0. The number of nitrogens with zero attached hydrogens (tertiary/aromatic N) is 1. The molecule has 14 radical (unpaired) electrons. The molecule has 1 aliphatic rings. The van der Waals surface area contributed by atoms with Crippen molar-refractivity contribution in [1.29, 1.82) is 0 Å². The van der Waals surface area contributed by atoms with E-state index in [2.05, 4.69) is 0 Å². The number of likely N-dealkylation sites (tertiary alicyclic amines) is 1. The van der Waals surface area contributed by atoms with E-state index in [0.29, 0.717) is 0 Å². The van der Waals surface area contributed by atoms with E-state index in [4.69, 9.17) is 54.9 Å². The molecule has 0 bridgehead atoms. The van der Waals surface area contributed by atoms with Crippen LogP contribution in [0.2, 0.25) is 11.0 Å². The first-order valence-electron chi connectivity index (χ1n) is 5.06. The van der Waals surface area contributed by atoms with E-state index in [-0.39, 0.29) is 0 Å². The normalized spacial score (nSPS) is 32.6. The molecule has 1 fully saturated rings. The maximum atomic E-state index is 5.97. The fourth-order valence-corrected chi connectivity index (χ4v) is 2.42. The molecule has 0 aromatic carbocycles. The summed E-state index contributed by atoms with van der Waals surface area (Å²) >= 11 is 0. The summed E-state index contributed by atoms with van der Waals surface area (Å²) in [5.41, 5.74) is -0.523. The van der Waals surface area contributed by atoms with Crippen molar-refractivity contribution in [2.45, 2.75) is 48.0 Å². The Hall–Kier alpha value is 0.415. The molecule has 0 spiro atoms. The molecule has 1 rings (SSSR count). The van der Waals surface area contributed by atoms with Gasteiger partial charge in [-0.25, -0.2) is 0 Å². The van der Waals surface area contributed by atoms with Gasteiger partial charge in [-0.15, -0.1) is 5.21 Å². The van der Waals surface area contributed by atoms with Gasteiger partial charge >= 0.3 is 0 Å². The first-order chi connectivity index (χ1) is 6.77. The molecule has 0 saturated carbocycles. The molecule has 1 unspecified atom stereocenters. The van der Waals surface area contributed by atoms with Crippen molar-refractivity contribution < 1.29 is 0 Å². The van der Waals surface area contributed by atoms with Crippen LogP contribution in [0, 0.1) is 0 Å². The topological polar surface area (TPSA) is 3.24 Å². The van der Waals surface area contributed by atoms with Crippen LogP contribution in [0.25, 0.3) is 0 Å². The van der Waals surface area contributed by atoms with E-state index in [0.717, 1.165) is 0 Å². The SMILES string of the molecule is [B]C1C([B])([B])N(C(C)(C)C)C([B])([B])C1([B])[B]. The summed E-state index contributed by atoms with van der Waals surface area (Å²) in [4.78, 5) is 1.46. The average molecular weight is 196 g/mol. The van der Waals surface area contributed by atoms with E-state index in [1.165, 1.54) is 4.90 Å². The Balaban J connectivity index is 3.38. The van der Waals surface area contributed by atoms with Crippen LogP contribution in [0.5, 0.6) is 0 Å². The lowest BCUT2D eigenvalue weighted by atomic mass is 9.28. The molecular formula is C8H10B7N. The Labute approximate surface area is 108 Å². The smallest absolute Gasteiger partial charge is 0.0817 e. The Bertz CT molecular complexity index is 293. The monoisotopic (exact) mass is 197 g/mol. The molecular weight excluding hydrogens is 186 g/mol. The highest BCUT2D eigenvalue weighted by Gasteiger charge is 2.59. The van der Waals surface area contributed by atoms with Crippen molar-refractivity contribution in [2.75, 3.05) is 0 Å². The van der Waals surface area contributed by atoms with Gasteiger partial charge in [-0.05, 0) is 20.8 Å². The largest absolute Gasteiger partial charge is 0.322 e. The highest BCUT2D eigenvalue weighted by molar-refractivity contribution is 6.60. The molecule has 16 heavy (non-hydrogen) atoms. The Morgan fingerprint density at radius 1 is 0.938 bits per heavy atom. The minimum absolute atomic E-state index is 0.523. The van der Waals surface area contributed by atoms with Crippen LogP contribution in [0.3, 0.4) is 0 Å². The summed E-state index contributed by atoms with van der Waals surface area (Å²) in [6.07, 6.45) is 0. The molecule has 1 heterocycles. The predicted octanol–water partition coefficient (Wildman–Crippen LogP) is -1.51. The standard InChI is InChI=1S/C8H10B7N/c1-5(2,3)16-7(12,13)4(9)6(10,11)8(16,14)15/h4H,1-3H3. The van der Waals surface area contributed by atoms with Gasteiger partial charge in [0.2, 0.25) is 0 Å². The fourth-order valence-electron chi connectivity index (χ4n) is 2.42. The average Bonchev–Trinajstić information content (AvgIpc) is 2.05. The van der Waals surface area contributed by atoms with E-state index in [9.17, 15) is 0 Å². The quantitative estimate of drug-likeness (QED) is 0.426. The second-order valence-electron chi connectivity index (χ2n) is 5.63. The van der Waals surface area contributed by atoms with Gasteiger partial charge in [0.25, 0.3) is 0 Å². The van der Waals surface area contributed by atoms with E-state index in [1.807, 2.05) is 20.8 Å². The fraction of sp³-hybridized carbons (Fsp3) is 1.00. The molecule has 0 aromatic rings. The molecule has 1 nitrogen and oxygen atoms in total. The Kier molecular flexibility index (Phi) is 3.13. The third kappa shape index (κ3) is 1.67. The second kappa shape index (κ2) is 3.46. The van der Waals surface area contributed by atoms with Crippen molar-refractivity contribution >= 4 is 54.9 Å². The highest BCUT2D eigenvalue weighted by atomic mass is 15.3. The first kappa shape index (κ1) is 14.5. The van der Waals surface area contributed by atoms with Crippen LogP contribution in [-0.4, -0.2) is 76.0 Å². The van der Waals surface area contributed by atoms with Gasteiger partial charge in [-0.3, -0.25) is 0 Å². The lowest BCUT2D eigenvalue weighted by Crippen LogP contribution is -2.65. The van der Waals surface area contributed by atoms with Crippen LogP contribution < -0.4 is 0 Å². The van der Waals surface area contributed by atoms with Gasteiger partial charge in [0.1, 0.15) is 0 Å². The van der Waals surface area contributed by atoms with Crippen LogP contribution in [0.4, 0.5) is 0 Å². The van der Waals surface area contributed by atoms with Crippen LogP contribution in [-0.2, 0) is 0 Å². The Morgan fingerprint density at radius 2 is 1.31 bits per heavy atom. The van der Waals surface area contributed by atoms with Crippen molar-refractivity contribution in [3.63, 3.8) is 0 Å². The first-order valence-corrected chi connectivity index (χ1v) is 5.06. The van der Waals surface area contributed by atoms with Gasteiger partial charge in [0, 0.05) is 5.54 Å². The van der Waals surface area contributed by atoms with Gasteiger partial charge in [-0.2, -0.15) is 0 Å². The van der Waals surface area contributed by atoms with Crippen molar-refractivity contribution in [3.8, 4) is 0 Å². The third-order valence-electron chi connectivity index (χ3n) is 3.13. The van der Waals surface area contributed by atoms with E-state index >= 15 is 0 Å². The number of hydrogen-bond donors (Lipinski definition) is 0. The van der Waals surface area contributed by atoms with Crippen molar-refractivity contribution in [1.82, 2.24) is 4.90 Å². The maximum absolute atomic E-state index is 5.97. The zero-order chi connectivity index (χ0) is 13.2. The predicted molar refractivity (Wildman–Crippen MR) is 73.8 cm³/mol. The molecule has 68 valence electrons. The van der Waals surface area contributed by atoms with Crippen molar-refractivity contribution in [3.05, 3.63) is 0 Å². The maximum Gasteiger partial charge on any atom is 0.0817 e. The summed E-state index contributed by atoms with van der Waals surface area (Å²) in [6.45, 7) is 5.55.